The molecule has 1 aromatic heterocycles. The van der Waals surface area contributed by atoms with Gasteiger partial charge in [-0.1, -0.05) is 59.8 Å². The molecule has 6 heteroatoms. The van der Waals surface area contributed by atoms with Crippen LogP contribution in [-0.2, 0) is 18.3 Å². The maximum Gasteiger partial charge on any atom is 0.234 e. The molecule has 0 saturated heterocycles. The molecule has 5 nitrogen and oxygen atoms in total. The van der Waals surface area contributed by atoms with Crippen molar-refractivity contribution in [3.05, 3.63) is 71.5 Å². The summed E-state index contributed by atoms with van der Waals surface area (Å²) in [4.78, 5) is 12.1. The molecule has 0 unspecified atom stereocenters. The van der Waals surface area contributed by atoms with Crippen molar-refractivity contribution < 1.29 is 4.79 Å². The SMILES string of the molecule is Cc1ccc(NC(=O)CSc2nnc(Cc3ccccc3)n2C)cc1. The molecule has 0 aliphatic rings. The lowest BCUT2D eigenvalue weighted by atomic mass is 10.1. The number of rotatable bonds is 6. The zero-order chi connectivity index (χ0) is 17.6. The number of carbonyl (C=O) groups is 1. The number of aromatic nitrogens is 3. The zero-order valence-corrected chi connectivity index (χ0v) is 15.1. The fourth-order valence-corrected chi connectivity index (χ4v) is 3.10. The van der Waals surface area contributed by atoms with Crippen LogP contribution in [0, 0.1) is 6.92 Å². The molecule has 0 bridgehead atoms. The van der Waals surface area contributed by atoms with Gasteiger partial charge in [-0.3, -0.25) is 4.79 Å². The van der Waals surface area contributed by atoms with Crippen LogP contribution in [-0.4, -0.2) is 26.4 Å². The van der Waals surface area contributed by atoms with Crippen molar-refractivity contribution in [1.82, 2.24) is 14.8 Å². The van der Waals surface area contributed by atoms with E-state index in [1.165, 1.54) is 17.3 Å². The van der Waals surface area contributed by atoms with Crippen molar-refractivity contribution >= 4 is 23.4 Å². The zero-order valence-electron chi connectivity index (χ0n) is 14.3. The van der Waals surface area contributed by atoms with Gasteiger partial charge in [0.15, 0.2) is 5.16 Å². The summed E-state index contributed by atoms with van der Waals surface area (Å²) in [5.74, 6) is 1.12. The topological polar surface area (TPSA) is 59.8 Å². The molecule has 0 saturated carbocycles. The minimum absolute atomic E-state index is 0.0542. The average molecular weight is 352 g/mol. The normalized spacial score (nSPS) is 10.6. The van der Waals surface area contributed by atoms with Crippen LogP contribution < -0.4 is 5.32 Å². The van der Waals surface area contributed by atoms with E-state index in [9.17, 15) is 4.79 Å². The number of amides is 1. The molecule has 0 atom stereocenters. The van der Waals surface area contributed by atoms with Crippen LogP contribution in [0.3, 0.4) is 0 Å². The standard InChI is InChI=1S/C19H20N4OS/c1-14-8-10-16(11-9-14)20-18(24)13-25-19-22-21-17(23(19)2)12-15-6-4-3-5-7-15/h3-11H,12-13H2,1-2H3,(H,20,24). The first-order valence-electron chi connectivity index (χ1n) is 8.03. The van der Waals surface area contributed by atoms with E-state index in [0.717, 1.165) is 28.7 Å². The Balaban J connectivity index is 1.56. The molecule has 0 aliphatic carbocycles. The van der Waals surface area contributed by atoms with E-state index >= 15 is 0 Å². The summed E-state index contributed by atoms with van der Waals surface area (Å²) in [7, 11) is 1.93. The van der Waals surface area contributed by atoms with Gasteiger partial charge in [0, 0.05) is 19.2 Å². The Bertz CT molecular complexity index is 844. The van der Waals surface area contributed by atoms with Gasteiger partial charge in [0.2, 0.25) is 5.91 Å². The van der Waals surface area contributed by atoms with Crippen molar-refractivity contribution in [2.24, 2.45) is 7.05 Å². The number of benzene rings is 2. The van der Waals surface area contributed by atoms with Gasteiger partial charge in [0.05, 0.1) is 5.75 Å². The van der Waals surface area contributed by atoms with E-state index < -0.39 is 0 Å². The van der Waals surface area contributed by atoms with Crippen molar-refractivity contribution in [3.63, 3.8) is 0 Å². The van der Waals surface area contributed by atoms with E-state index in [1.807, 2.05) is 61.0 Å². The van der Waals surface area contributed by atoms with Crippen molar-refractivity contribution in [2.45, 2.75) is 18.5 Å². The predicted octanol–water partition coefficient (Wildman–Crippen LogP) is 3.45. The monoisotopic (exact) mass is 352 g/mol. The first-order valence-corrected chi connectivity index (χ1v) is 9.02. The van der Waals surface area contributed by atoms with Gasteiger partial charge in [-0.15, -0.1) is 10.2 Å². The van der Waals surface area contributed by atoms with Crippen LogP contribution in [0.5, 0.6) is 0 Å². The van der Waals surface area contributed by atoms with Crippen molar-refractivity contribution in [3.8, 4) is 0 Å². The molecule has 25 heavy (non-hydrogen) atoms. The highest BCUT2D eigenvalue weighted by Crippen LogP contribution is 2.18. The van der Waals surface area contributed by atoms with Crippen LogP contribution in [0.2, 0.25) is 0 Å². The lowest BCUT2D eigenvalue weighted by Crippen LogP contribution is -2.14. The summed E-state index contributed by atoms with van der Waals surface area (Å²) in [6.07, 6.45) is 0.723. The van der Waals surface area contributed by atoms with E-state index in [2.05, 4.69) is 27.6 Å². The second-order valence-corrected chi connectivity index (χ2v) is 6.77. The van der Waals surface area contributed by atoms with Gasteiger partial charge in [-0.05, 0) is 24.6 Å². The Hall–Kier alpha value is -2.60. The van der Waals surface area contributed by atoms with Crippen molar-refractivity contribution in [1.29, 1.82) is 0 Å². The Morgan fingerprint density at radius 3 is 2.52 bits per heavy atom. The van der Waals surface area contributed by atoms with Gasteiger partial charge in [0.25, 0.3) is 0 Å². The first kappa shape index (κ1) is 17.2. The van der Waals surface area contributed by atoms with E-state index in [0.29, 0.717) is 5.75 Å². The van der Waals surface area contributed by atoms with Crippen LogP contribution >= 0.6 is 11.8 Å². The molecule has 3 aromatic rings. The lowest BCUT2D eigenvalue weighted by molar-refractivity contribution is -0.113. The summed E-state index contributed by atoms with van der Waals surface area (Å²) < 4.78 is 1.94. The summed E-state index contributed by atoms with van der Waals surface area (Å²) in [6, 6.07) is 17.9. The number of nitrogens with one attached hydrogen (secondary N) is 1. The Kier molecular flexibility index (Phi) is 5.50. The smallest absolute Gasteiger partial charge is 0.234 e. The van der Waals surface area contributed by atoms with Gasteiger partial charge in [-0.25, -0.2) is 0 Å². The van der Waals surface area contributed by atoms with Gasteiger partial charge < -0.3 is 9.88 Å². The number of carbonyl (C=O) groups excluding carboxylic acids is 1. The second-order valence-electron chi connectivity index (χ2n) is 5.82. The molecule has 1 amide bonds. The molecule has 1 N–H and O–H groups in total. The molecule has 0 aliphatic heterocycles. The quantitative estimate of drug-likeness (QED) is 0.690. The van der Waals surface area contributed by atoms with Crippen LogP contribution in [0.1, 0.15) is 17.0 Å². The largest absolute Gasteiger partial charge is 0.325 e. The summed E-state index contributed by atoms with van der Waals surface area (Å²) >= 11 is 1.39. The average Bonchev–Trinajstić information content (AvgIpc) is 2.96. The molecular formula is C19H20N4OS. The highest BCUT2D eigenvalue weighted by Gasteiger charge is 2.12. The van der Waals surface area contributed by atoms with Crippen LogP contribution in [0.4, 0.5) is 5.69 Å². The van der Waals surface area contributed by atoms with Gasteiger partial charge >= 0.3 is 0 Å². The molecule has 128 valence electrons. The molecule has 0 radical (unpaired) electrons. The number of thioether (sulfide) groups is 1. The second kappa shape index (κ2) is 7.98. The number of aryl methyl sites for hydroxylation is 1. The number of anilines is 1. The molecule has 0 fully saturated rings. The van der Waals surface area contributed by atoms with E-state index in [1.54, 1.807) is 0 Å². The lowest BCUT2D eigenvalue weighted by Gasteiger charge is -2.06. The predicted molar refractivity (Wildman–Crippen MR) is 101 cm³/mol. The van der Waals surface area contributed by atoms with Crippen LogP contribution in [0.15, 0.2) is 59.8 Å². The molecule has 2 aromatic carbocycles. The maximum atomic E-state index is 12.1. The van der Waals surface area contributed by atoms with Gasteiger partial charge in [-0.2, -0.15) is 0 Å². The minimum Gasteiger partial charge on any atom is -0.325 e. The maximum absolute atomic E-state index is 12.1. The Morgan fingerprint density at radius 1 is 1.08 bits per heavy atom. The summed E-state index contributed by atoms with van der Waals surface area (Å²) in [6.45, 7) is 2.02. The van der Waals surface area contributed by atoms with Gasteiger partial charge in [0.1, 0.15) is 5.82 Å². The van der Waals surface area contributed by atoms with E-state index in [4.69, 9.17) is 0 Å². The number of hydrogen-bond donors (Lipinski definition) is 1. The third-order valence-corrected chi connectivity index (χ3v) is 4.82. The first-order chi connectivity index (χ1) is 12.1. The van der Waals surface area contributed by atoms with E-state index in [-0.39, 0.29) is 5.91 Å². The Morgan fingerprint density at radius 2 is 1.80 bits per heavy atom. The minimum atomic E-state index is -0.0542. The summed E-state index contributed by atoms with van der Waals surface area (Å²) in [5, 5.41) is 12.1. The number of hydrogen-bond acceptors (Lipinski definition) is 4. The fraction of sp³-hybridized carbons (Fsp3) is 0.211. The highest BCUT2D eigenvalue weighted by molar-refractivity contribution is 7.99. The number of nitrogens with zero attached hydrogens (tertiary/aromatic N) is 3. The third-order valence-electron chi connectivity index (χ3n) is 3.80. The van der Waals surface area contributed by atoms with Crippen molar-refractivity contribution in [2.75, 3.05) is 11.1 Å². The Labute approximate surface area is 151 Å². The summed E-state index contributed by atoms with van der Waals surface area (Å²) in [5.41, 5.74) is 3.16. The highest BCUT2D eigenvalue weighted by atomic mass is 32.2. The fourth-order valence-electron chi connectivity index (χ4n) is 2.37. The molecule has 1 heterocycles. The third kappa shape index (κ3) is 4.70. The molecule has 0 spiro atoms. The molecular weight excluding hydrogens is 332 g/mol. The van der Waals surface area contributed by atoms with Crippen LogP contribution in [0.25, 0.3) is 0 Å². The molecule has 3 rings (SSSR count).